The zero-order valence-corrected chi connectivity index (χ0v) is 11.7. The smallest absolute Gasteiger partial charge is 0.393 e. The molecular formula is C13H17F3N2S. The third kappa shape index (κ3) is 5.16. The standard InChI is InChI=1S/C13H17F3N2S/c1-9(7-12(17)19)18(2)8-10-3-5-11(6-4-10)13(14,15)16/h3-6,9H,7-8H2,1-2H3,(H2,17,19). The number of alkyl halides is 3. The molecule has 19 heavy (non-hydrogen) atoms. The van der Waals surface area contributed by atoms with Crippen molar-refractivity contribution in [2.24, 2.45) is 5.73 Å². The summed E-state index contributed by atoms with van der Waals surface area (Å²) >= 11 is 4.84. The van der Waals surface area contributed by atoms with Crippen LogP contribution in [0.25, 0.3) is 0 Å². The number of halogens is 3. The largest absolute Gasteiger partial charge is 0.416 e. The first-order valence-electron chi connectivity index (χ1n) is 5.85. The fourth-order valence-corrected chi connectivity index (χ4v) is 1.93. The molecule has 1 aromatic rings. The molecule has 0 aliphatic rings. The lowest BCUT2D eigenvalue weighted by Crippen LogP contribution is -2.32. The fraction of sp³-hybridized carbons (Fsp3) is 0.462. The van der Waals surface area contributed by atoms with E-state index in [1.807, 2.05) is 18.9 Å². The highest BCUT2D eigenvalue weighted by atomic mass is 32.1. The minimum Gasteiger partial charge on any atom is -0.393 e. The lowest BCUT2D eigenvalue weighted by molar-refractivity contribution is -0.137. The van der Waals surface area contributed by atoms with Gasteiger partial charge in [0.25, 0.3) is 0 Å². The van der Waals surface area contributed by atoms with Gasteiger partial charge in [0.15, 0.2) is 0 Å². The number of nitrogens with zero attached hydrogens (tertiary/aromatic N) is 1. The van der Waals surface area contributed by atoms with Crippen LogP contribution in [0.15, 0.2) is 24.3 Å². The topological polar surface area (TPSA) is 29.3 Å². The monoisotopic (exact) mass is 290 g/mol. The Labute approximate surface area is 116 Å². The highest BCUT2D eigenvalue weighted by Gasteiger charge is 2.29. The average Bonchev–Trinajstić information content (AvgIpc) is 2.27. The Morgan fingerprint density at radius 3 is 2.26 bits per heavy atom. The molecule has 6 heteroatoms. The van der Waals surface area contributed by atoms with Crippen LogP contribution in [0.2, 0.25) is 0 Å². The third-order valence-electron chi connectivity index (χ3n) is 2.96. The maximum Gasteiger partial charge on any atom is 0.416 e. The quantitative estimate of drug-likeness (QED) is 0.844. The molecule has 0 heterocycles. The third-order valence-corrected chi connectivity index (χ3v) is 3.13. The summed E-state index contributed by atoms with van der Waals surface area (Å²) in [6.07, 6.45) is -3.70. The van der Waals surface area contributed by atoms with Gasteiger partial charge in [-0.15, -0.1) is 0 Å². The van der Waals surface area contributed by atoms with Crippen LogP contribution in [0.4, 0.5) is 13.2 Å². The average molecular weight is 290 g/mol. The van der Waals surface area contributed by atoms with E-state index in [0.717, 1.165) is 17.7 Å². The van der Waals surface area contributed by atoms with Crippen molar-refractivity contribution in [2.45, 2.75) is 32.1 Å². The predicted octanol–water partition coefficient (Wildman–Crippen LogP) is 3.20. The zero-order chi connectivity index (χ0) is 14.6. The first-order chi connectivity index (χ1) is 8.70. The molecule has 2 nitrogen and oxygen atoms in total. The zero-order valence-electron chi connectivity index (χ0n) is 10.9. The fourth-order valence-electron chi connectivity index (χ4n) is 1.69. The Bertz CT molecular complexity index is 429. The highest BCUT2D eigenvalue weighted by molar-refractivity contribution is 7.80. The lowest BCUT2D eigenvalue weighted by Gasteiger charge is -2.24. The van der Waals surface area contributed by atoms with Crippen LogP contribution < -0.4 is 5.73 Å². The molecule has 0 spiro atoms. The number of rotatable bonds is 5. The normalized spacial score (nSPS) is 13.6. The van der Waals surface area contributed by atoms with Crippen LogP contribution in [0, 0.1) is 0 Å². The molecular weight excluding hydrogens is 273 g/mol. The highest BCUT2D eigenvalue weighted by Crippen LogP contribution is 2.29. The van der Waals surface area contributed by atoms with E-state index in [2.05, 4.69) is 0 Å². The Morgan fingerprint density at radius 2 is 1.84 bits per heavy atom. The van der Waals surface area contributed by atoms with Gasteiger partial charge in [0.05, 0.1) is 10.6 Å². The Morgan fingerprint density at radius 1 is 1.32 bits per heavy atom. The van der Waals surface area contributed by atoms with Gasteiger partial charge >= 0.3 is 6.18 Å². The molecule has 0 fully saturated rings. The maximum absolute atomic E-state index is 12.4. The molecule has 1 aromatic carbocycles. The van der Waals surface area contributed by atoms with E-state index < -0.39 is 11.7 Å². The molecule has 0 saturated heterocycles. The van der Waals surface area contributed by atoms with Gasteiger partial charge in [0, 0.05) is 19.0 Å². The van der Waals surface area contributed by atoms with Gasteiger partial charge in [-0.25, -0.2) is 0 Å². The minimum absolute atomic E-state index is 0.153. The lowest BCUT2D eigenvalue weighted by atomic mass is 10.1. The van der Waals surface area contributed by atoms with Crippen LogP contribution in [-0.4, -0.2) is 23.0 Å². The molecule has 0 aromatic heterocycles. The molecule has 1 atom stereocenters. The number of nitrogens with two attached hydrogens (primary N) is 1. The van der Waals surface area contributed by atoms with Crippen molar-refractivity contribution in [3.05, 3.63) is 35.4 Å². The molecule has 0 saturated carbocycles. The van der Waals surface area contributed by atoms with Crippen LogP contribution in [0.1, 0.15) is 24.5 Å². The van der Waals surface area contributed by atoms with Gasteiger partial charge in [-0.2, -0.15) is 13.2 Å². The predicted molar refractivity (Wildman–Crippen MR) is 73.8 cm³/mol. The number of benzene rings is 1. The SMILES string of the molecule is CC(CC(N)=S)N(C)Cc1ccc(C(F)(F)F)cc1. The van der Waals surface area contributed by atoms with Crippen LogP contribution in [0.3, 0.4) is 0 Å². The van der Waals surface area contributed by atoms with Crippen molar-refractivity contribution < 1.29 is 13.2 Å². The molecule has 1 unspecified atom stereocenters. The summed E-state index contributed by atoms with van der Waals surface area (Å²) in [5.41, 5.74) is 5.67. The van der Waals surface area contributed by atoms with Crippen molar-refractivity contribution in [3.63, 3.8) is 0 Å². The van der Waals surface area contributed by atoms with Gasteiger partial charge in [0.1, 0.15) is 0 Å². The maximum atomic E-state index is 12.4. The first kappa shape index (κ1) is 15.9. The second-order valence-electron chi connectivity index (χ2n) is 4.63. The van der Waals surface area contributed by atoms with E-state index in [0.29, 0.717) is 18.0 Å². The summed E-state index contributed by atoms with van der Waals surface area (Å²) in [6.45, 7) is 2.53. The molecule has 0 aliphatic carbocycles. The van der Waals surface area contributed by atoms with Crippen LogP contribution in [-0.2, 0) is 12.7 Å². The van der Waals surface area contributed by atoms with Crippen LogP contribution in [0.5, 0.6) is 0 Å². The van der Waals surface area contributed by atoms with E-state index in [1.165, 1.54) is 12.1 Å². The Balaban J connectivity index is 2.65. The number of thiocarbonyl (C=S) groups is 1. The minimum atomic E-state index is -4.29. The molecule has 0 radical (unpaired) electrons. The molecule has 2 N–H and O–H groups in total. The van der Waals surface area contributed by atoms with E-state index >= 15 is 0 Å². The van der Waals surface area contributed by atoms with Crippen molar-refractivity contribution >= 4 is 17.2 Å². The van der Waals surface area contributed by atoms with E-state index in [4.69, 9.17) is 18.0 Å². The number of hydrogen-bond donors (Lipinski definition) is 1. The second kappa shape index (κ2) is 6.34. The molecule has 0 aliphatic heterocycles. The van der Waals surface area contributed by atoms with Crippen molar-refractivity contribution in [1.29, 1.82) is 0 Å². The van der Waals surface area contributed by atoms with E-state index in [1.54, 1.807) is 0 Å². The summed E-state index contributed by atoms with van der Waals surface area (Å²) in [4.78, 5) is 2.44. The van der Waals surface area contributed by atoms with Crippen molar-refractivity contribution in [2.75, 3.05) is 7.05 Å². The number of hydrogen-bond acceptors (Lipinski definition) is 2. The summed E-state index contributed by atoms with van der Waals surface area (Å²) in [5, 5.41) is 0. The Hall–Kier alpha value is -1.14. The second-order valence-corrected chi connectivity index (χ2v) is 5.15. The van der Waals surface area contributed by atoms with Gasteiger partial charge in [-0.1, -0.05) is 24.4 Å². The Kier molecular flexibility index (Phi) is 5.31. The van der Waals surface area contributed by atoms with Crippen LogP contribution >= 0.6 is 12.2 Å². The first-order valence-corrected chi connectivity index (χ1v) is 6.25. The van der Waals surface area contributed by atoms with Crippen molar-refractivity contribution in [1.82, 2.24) is 4.90 Å². The van der Waals surface area contributed by atoms with Crippen molar-refractivity contribution in [3.8, 4) is 0 Å². The van der Waals surface area contributed by atoms with Gasteiger partial charge in [-0.05, 0) is 31.7 Å². The molecule has 1 rings (SSSR count). The van der Waals surface area contributed by atoms with Gasteiger partial charge < -0.3 is 5.73 Å². The molecule has 106 valence electrons. The van der Waals surface area contributed by atoms with E-state index in [-0.39, 0.29) is 6.04 Å². The summed E-state index contributed by atoms with van der Waals surface area (Å²) in [5.74, 6) is 0. The summed E-state index contributed by atoms with van der Waals surface area (Å²) in [7, 11) is 1.89. The van der Waals surface area contributed by atoms with Gasteiger partial charge in [-0.3, -0.25) is 4.90 Å². The molecule has 0 bridgehead atoms. The summed E-state index contributed by atoms with van der Waals surface area (Å²) in [6, 6.07) is 5.34. The van der Waals surface area contributed by atoms with E-state index in [9.17, 15) is 13.2 Å². The van der Waals surface area contributed by atoms with Gasteiger partial charge in [0.2, 0.25) is 0 Å². The molecule has 0 amide bonds. The summed E-state index contributed by atoms with van der Waals surface area (Å²) < 4.78 is 37.2.